The fraction of sp³-hybridized carbons (Fsp3) is 0.308. The van der Waals surface area contributed by atoms with E-state index in [9.17, 15) is 4.79 Å². The Hall–Kier alpha value is -2.17. The van der Waals surface area contributed by atoms with Crippen molar-refractivity contribution < 1.29 is 4.79 Å². The summed E-state index contributed by atoms with van der Waals surface area (Å²) in [5.74, 6) is 0.239. The van der Waals surface area contributed by atoms with Gasteiger partial charge < -0.3 is 4.57 Å². The van der Waals surface area contributed by atoms with Crippen molar-refractivity contribution in [1.82, 2.24) is 14.5 Å². The first-order valence-corrected chi connectivity index (χ1v) is 5.76. The van der Waals surface area contributed by atoms with Crippen molar-refractivity contribution in [1.29, 1.82) is 0 Å². The first-order chi connectivity index (χ1) is 8.58. The maximum Gasteiger partial charge on any atom is 0.231 e. The van der Waals surface area contributed by atoms with Crippen molar-refractivity contribution in [2.24, 2.45) is 7.05 Å². The van der Waals surface area contributed by atoms with Crippen molar-refractivity contribution in [2.75, 3.05) is 5.32 Å². The Kier molecular flexibility index (Phi) is 3.41. The number of hydrogen-bond acceptors (Lipinski definition) is 3. The molecule has 18 heavy (non-hydrogen) atoms. The first-order valence-electron chi connectivity index (χ1n) is 5.76. The van der Waals surface area contributed by atoms with E-state index >= 15 is 0 Å². The highest BCUT2D eigenvalue weighted by atomic mass is 16.1. The van der Waals surface area contributed by atoms with Crippen molar-refractivity contribution in [2.45, 2.75) is 20.3 Å². The second-order valence-electron chi connectivity index (χ2n) is 4.25. The van der Waals surface area contributed by atoms with E-state index in [2.05, 4.69) is 19.9 Å². The monoisotopic (exact) mass is 244 g/mol. The minimum atomic E-state index is -0.102. The lowest BCUT2D eigenvalue weighted by Crippen LogP contribution is -2.16. The van der Waals surface area contributed by atoms with Gasteiger partial charge in [0.2, 0.25) is 11.9 Å². The van der Waals surface area contributed by atoms with E-state index in [1.54, 1.807) is 18.5 Å². The van der Waals surface area contributed by atoms with Gasteiger partial charge in [0.1, 0.15) is 0 Å². The molecule has 1 amide bonds. The van der Waals surface area contributed by atoms with Gasteiger partial charge in [0.25, 0.3) is 0 Å². The molecule has 0 saturated carbocycles. The molecule has 0 aliphatic carbocycles. The number of amides is 1. The number of aromatic nitrogens is 3. The molecule has 2 aromatic rings. The summed E-state index contributed by atoms with van der Waals surface area (Å²) in [6, 6.07) is 3.74. The zero-order valence-corrected chi connectivity index (χ0v) is 10.8. The summed E-state index contributed by atoms with van der Waals surface area (Å²) in [4.78, 5) is 19.8. The predicted molar refractivity (Wildman–Crippen MR) is 69.3 cm³/mol. The number of carbonyl (C=O) groups excluding carboxylic acids is 1. The molecule has 5 heteroatoms. The van der Waals surface area contributed by atoms with E-state index < -0.39 is 0 Å². The molecule has 0 unspecified atom stereocenters. The number of nitrogens with one attached hydrogen (secondary N) is 1. The Morgan fingerprint density at radius 2 is 2.00 bits per heavy atom. The van der Waals surface area contributed by atoms with Crippen LogP contribution in [0, 0.1) is 13.8 Å². The fourth-order valence-corrected chi connectivity index (χ4v) is 1.82. The normalized spacial score (nSPS) is 10.4. The van der Waals surface area contributed by atoms with Gasteiger partial charge in [0, 0.05) is 30.8 Å². The largest absolute Gasteiger partial charge is 0.352 e. The molecular formula is C13H16N4O. The van der Waals surface area contributed by atoms with Crippen LogP contribution in [0.3, 0.4) is 0 Å². The van der Waals surface area contributed by atoms with E-state index in [-0.39, 0.29) is 5.91 Å². The van der Waals surface area contributed by atoms with Crippen LogP contribution in [0.1, 0.15) is 17.0 Å². The third-order valence-corrected chi connectivity index (χ3v) is 3.05. The minimum absolute atomic E-state index is 0.102. The van der Waals surface area contributed by atoms with Crippen LogP contribution in [0.4, 0.5) is 5.95 Å². The molecule has 2 aromatic heterocycles. The highest BCUT2D eigenvalue weighted by Crippen LogP contribution is 2.14. The van der Waals surface area contributed by atoms with Gasteiger partial charge in [-0.15, -0.1) is 0 Å². The standard InChI is InChI=1S/C13H16N4O/c1-9-7-11(10(2)17(9)3)8-12(18)16-13-14-5-4-6-15-13/h4-7H,8H2,1-3H3,(H,14,15,16,18). The van der Waals surface area contributed by atoms with Gasteiger partial charge in [-0.2, -0.15) is 0 Å². The number of carbonyl (C=O) groups is 1. The fourth-order valence-electron chi connectivity index (χ4n) is 1.82. The Bertz CT molecular complexity index is 560. The topological polar surface area (TPSA) is 59.8 Å². The Morgan fingerprint density at radius 1 is 1.33 bits per heavy atom. The van der Waals surface area contributed by atoms with E-state index in [4.69, 9.17) is 0 Å². The molecule has 0 bridgehead atoms. The van der Waals surface area contributed by atoms with Gasteiger partial charge in [-0.1, -0.05) is 0 Å². The summed E-state index contributed by atoms with van der Waals surface area (Å²) in [7, 11) is 1.99. The smallest absolute Gasteiger partial charge is 0.231 e. The van der Waals surface area contributed by atoms with Crippen molar-refractivity contribution >= 4 is 11.9 Å². The Labute approximate surface area is 106 Å². The zero-order valence-electron chi connectivity index (χ0n) is 10.8. The first kappa shape index (κ1) is 12.3. The quantitative estimate of drug-likeness (QED) is 0.892. The average Bonchev–Trinajstić information content (AvgIpc) is 2.58. The molecule has 0 spiro atoms. The molecule has 0 saturated heterocycles. The molecule has 94 valence electrons. The van der Waals surface area contributed by atoms with Crippen LogP contribution >= 0.6 is 0 Å². The summed E-state index contributed by atoms with van der Waals surface area (Å²) in [5.41, 5.74) is 3.28. The molecule has 0 aliphatic rings. The van der Waals surface area contributed by atoms with Crippen molar-refractivity contribution in [3.05, 3.63) is 41.5 Å². The van der Waals surface area contributed by atoms with Gasteiger partial charge in [-0.05, 0) is 31.5 Å². The third kappa shape index (κ3) is 2.56. The summed E-state index contributed by atoms with van der Waals surface area (Å²) in [6.45, 7) is 4.03. The third-order valence-electron chi connectivity index (χ3n) is 3.05. The van der Waals surface area contributed by atoms with Crippen LogP contribution in [-0.2, 0) is 18.3 Å². The highest BCUT2D eigenvalue weighted by molar-refractivity contribution is 5.90. The van der Waals surface area contributed by atoms with Gasteiger partial charge in [-0.3, -0.25) is 10.1 Å². The summed E-state index contributed by atoms with van der Waals surface area (Å²) in [5, 5.41) is 2.68. The number of hydrogen-bond donors (Lipinski definition) is 1. The Morgan fingerprint density at radius 3 is 2.56 bits per heavy atom. The van der Waals surface area contributed by atoms with Gasteiger partial charge >= 0.3 is 0 Å². The van der Waals surface area contributed by atoms with Crippen LogP contribution in [0.15, 0.2) is 24.5 Å². The van der Waals surface area contributed by atoms with E-state index in [0.717, 1.165) is 17.0 Å². The van der Waals surface area contributed by atoms with Crippen LogP contribution < -0.4 is 5.32 Å². The molecule has 0 aromatic carbocycles. The average molecular weight is 244 g/mol. The summed E-state index contributed by atoms with van der Waals surface area (Å²) >= 11 is 0. The predicted octanol–water partition coefficient (Wildman–Crippen LogP) is 1.61. The molecule has 0 fully saturated rings. The van der Waals surface area contributed by atoms with Crippen LogP contribution in [-0.4, -0.2) is 20.4 Å². The van der Waals surface area contributed by atoms with E-state index in [1.165, 1.54) is 0 Å². The number of rotatable bonds is 3. The van der Waals surface area contributed by atoms with Crippen LogP contribution in [0.5, 0.6) is 0 Å². The molecule has 0 atom stereocenters. The van der Waals surface area contributed by atoms with E-state index in [0.29, 0.717) is 12.4 Å². The lowest BCUT2D eigenvalue weighted by atomic mass is 10.2. The molecule has 0 radical (unpaired) electrons. The minimum Gasteiger partial charge on any atom is -0.352 e. The maximum absolute atomic E-state index is 11.9. The maximum atomic E-state index is 11.9. The molecular weight excluding hydrogens is 228 g/mol. The number of aryl methyl sites for hydroxylation is 1. The lowest BCUT2D eigenvalue weighted by Gasteiger charge is -2.04. The van der Waals surface area contributed by atoms with E-state index in [1.807, 2.05) is 27.0 Å². The number of nitrogens with zero attached hydrogens (tertiary/aromatic N) is 3. The molecule has 1 N–H and O–H groups in total. The van der Waals surface area contributed by atoms with Gasteiger partial charge in [0.15, 0.2) is 0 Å². The Balaban J connectivity index is 2.06. The summed E-state index contributed by atoms with van der Waals surface area (Å²) < 4.78 is 2.07. The van der Waals surface area contributed by atoms with Crippen molar-refractivity contribution in [3.63, 3.8) is 0 Å². The SMILES string of the molecule is Cc1cc(CC(=O)Nc2ncccn2)c(C)n1C. The van der Waals surface area contributed by atoms with Gasteiger partial charge in [-0.25, -0.2) is 9.97 Å². The second kappa shape index (κ2) is 5.00. The second-order valence-corrected chi connectivity index (χ2v) is 4.25. The van der Waals surface area contributed by atoms with Crippen molar-refractivity contribution in [3.8, 4) is 0 Å². The molecule has 5 nitrogen and oxygen atoms in total. The van der Waals surface area contributed by atoms with Crippen LogP contribution in [0.2, 0.25) is 0 Å². The molecule has 0 aliphatic heterocycles. The molecule has 2 heterocycles. The van der Waals surface area contributed by atoms with Crippen LogP contribution in [0.25, 0.3) is 0 Å². The summed E-state index contributed by atoms with van der Waals surface area (Å²) in [6.07, 6.45) is 3.53. The molecule has 2 rings (SSSR count). The highest BCUT2D eigenvalue weighted by Gasteiger charge is 2.11. The number of anilines is 1. The lowest BCUT2D eigenvalue weighted by molar-refractivity contribution is -0.115. The zero-order chi connectivity index (χ0) is 13.1. The van der Waals surface area contributed by atoms with Gasteiger partial charge in [0.05, 0.1) is 6.42 Å².